The quantitative estimate of drug-likeness (QED) is 0.258. The lowest BCUT2D eigenvalue weighted by Crippen LogP contribution is -2.23. The van der Waals surface area contributed by atoms with Crippen molar-refractivity contribution >= 4 is 22.5 Å². The smallest absolute Gasteiger partial charge is 0.368 e. The Balaban J connectivity index is 1.59. The topological polar surface area (TPSA) is 91.6 Å². The second-order valence-electron chi connectivity index (χ2n) is 7.86. The summed E-state index contributed by atoms with van der Waals surface area (Å²) in [5, 5.41) is 17.7. The van der Waals surface area contributed by atoms with Crippen molar-refractivity contribution < 1.29 is 4.74 Å². The highest BCUT2D eigenvalue weighted by Gasteiger charge is 2.14. The molecule has 0 bridgehead atoms. The highest BCUT2D eigenvalue weighted by Crippen LogP contribution is 2.21. The average Bonchev–Trinajstić information content (AvgIpc) is 3.33. The van der Waals surface area contributed by atoms with Gasteiger partial charge in [0.1, 0.15) is 6.61 Å². The molecule has 0 saturated heterocycles. The summed E-state index contributed by atoms with van der Waals surface area (Å²) in [5.41, 5.74) is 5.14. The van der Waals surface area contributed by atoms with Gasteiger partial charge in [-0.3, -0.25) is 0 Å². The maximum atomic E-state index is 12.4. The van der Waals surface area contributed by atoms with E-state index in [-0.39, 0.29) is 12.3 Å². The Morgan fingerprint density at radius 1 is 1.06 bits per heavy atom. The van der Waals surface area contributed by atoms with Gasteiger partial charge in [-0.05, 0) is 42.0 Å². The number of hydrogen-bond donors (Lipinski definition) is 0. The van der Waals surface area contributed by atoms with Crippen LogP contribution >= 0.6 is 0 Å². The monoisotopic (exact) mass is 445 g/mol. The van der Waals surface area contributed by atoms with Crippen LogP contribution in [0, 0.1) is 6.92 Å². The van der Waals surface area contributed by atoms with Crippen molar-refractivity contribution in [2.45, 2.75) is 33.8 Å². The van der Waals surface area contributed by atoms with Crippen molar-refractivity contribution in [2.24, 2.45) is 24.3 Å². The van der Waals surface area contributed by atoms with Gasteiger partial charge in [0, 0.05) is 48.7 Å². The number of ether oxygens (including phenoxy) is 1. The summed E-state index contributed by atoms with van der Waals surface area (Å²) in [7, 11) is 3.58. The van der Waals surface area contributed by atoms with E-state index >= 15 is 0 Å². The van der Waals surface area contributed by atoms with Gasteiger partial charge in [0.15, 0.2) is 0 Å². The molecule has 2 aromatic heterocycles. The first kappa shape index (κ1) is 22.2. The first-order valence-corrected chi connectivity index (χ1v) is 10.8. The van der Waals surface area contributed by atoms with Gasteiger partial charge in [-0.2, -0.15) is 14.5 Å². The van der Waals surface area contributed by atoms with E-state index in [1.54, 1.807) is 7.05 Å². The molecule has 0 N–H and O–H groups in total. The van der Waals surface area contributed by atoms with Crippen LogP contribution in [0.3, 0.4) is 0 Å². The van der Waals surface area contributed by atoms with E-state index in [0.29, 0.717) is 18.0 Å². The number of fused-ring (bicyclic) bond motifs is 1. The summed E-state index contributed by atoms with van der Waals surface area (Å²) in [5.74, 6) is 0.510. The van der Waals surface area contributed by atoms with Gasteiger partial charge in [0.05, 0.1) is 11.4 Å². The minimum Gasteiger partial charge on any atom is -0.475 e. The van der Waals surface area contributed by atoms with Crippen LogP contribution in [0.1, 0.15) is 37.0 Å². The number of para-hydroxylation sites is 1. The second-order valence-corrected chi connectivity index (χ2v) is 7.86. The van der Waals surface area contributed by atoms with E-state index in [4.69, 9.17) is 4.74 Å². The Bertz CT molecular complexity index is 1420. The van der Waals surface area contributed by atoms with Gasteiger partial charge in [0.2, 0.25) is 5.90 Å². The molecule has 2 heterocycles. The van der Waals surface area contributed by atoms with E-state index in [2.05, 4.69) is 43.5 Å². The van der Waals surface area contributed by atoms with Crippen LogP contribution in [0.2, 0.25) is 0 Å². The van der Waals surface area contributed by atoms with Crippen LogP contribution in [0.5, 0.6) is 0 Å². The fraction of sp³-hybridized carbons (Fsp3) is 0.292. The molecule has 0 aliphatic rings. The van der Waals surface area contributed by atoms with Crippen LogP contribution in [0.15, 0.2) is 63.7 Å². The second kappa shape index (κ2) is 9.23. The van der Waals surface area contributed by atoms with Gasteiger partial charge >= 0.3 is 5.69 Å². The number of aromatic nitrogens is 5. The molecule has 9 heteroatoms. The lowest BCUT2D eigenvalue weighted by Gasteiger charge is -2.13. The Labute approximate surface area is 191 Å². The minimum atomic E-state index is -0.318. The summed E-state index contributed by atoms with van der Waals surface area (Å²) in [6.45, 7) is 6.11. The van der Waals surface area contributed by atoms with Gasteiger partial charge in [-0.25, -0.2) is 4.79 Å². The summed E-state index contributed by atoms with van der Waals surface area (Å²) < 4.78 is 10.6. The molecule has 2 aromatic carbocycles. The summed E-state index contributed by atoms with van der Waals surface area (Å²) in [6, 6.07) is 13.9. The Morgan fingerprint density at radius 2 is 1.85 bits per heavy atom. The predicted octanol–water partition coefficient (Wildman–Crippen LogP) is 3.52. The molecular weight excluding hydrogens is 418 g/mol. The number of aryl methyl sites for hydroxylation is 3. The zero-order valence-electron chi connectivity index (χ0n) is 19.5. The van der Waals surface area contributed by atoms with Gasteiger partial charge < -0.3 is 9.30 Å². The van der Waals surface area contributed by atoms with Crippen molar-refractivity contribution in [1.82, 2.24) is 24.4 Å². The maximum absolute atomic E-state index is 12.4. The Kier molecular flexibility index (Phi) is 6.21. The summed E-state index contributed by atoms with van der Waals surface area (Å²) >= 11 is 0. The highest BCUT2D eigenvalue weighted by molar-refractivity contribution is 6.09. The van der Waals surface area contributed by atoms with Crippen molar-refractivity contribution in [3.63, 3.8) is 0 Å². The lowest BCUT2D eigenvalue weighted by molar-refractivity contribution is 0.282. The number of nitrogens with zero attached hydrogens (tertiary/aromatic N) is 7. The van der Waals surface area contributed by atoms with Crippen LogP contribution in [0.4, 0.5) is 0 Å². The van der Waals surface area contributed by atoms with Gasteiger partial charge in [-0.1, -0.05) is 37.3 Å². The van der Waals surface area contributed by atoms with Crippen molar-refractivity contribution in [1.29, 1.82) is 0 Å². The summed E-state index contributed by atoms with van der Waals surface area (Å²) in [6.07, 6.45) is 2.64. The molecule has 4 rings (SSSR count). The molecule has 170 valence electrons. The zero-order valence-corrected chi connectivity index (χ0v) is 19.5. The number of benzene rings is 2. The molecule has 0 spiro atoms. The Hall–Kier alpha value is -4.01. The zero-order chi connectivity index (χ0) is 23.5. The van der Waals surface area contributed by atoms with Gasteiger partial charge in [-0.15, -0.1) is 5.10 Å². The van der Waals surface area contributed by atoms with E-state index < -0.39 is 0 Å². The van der Waals surface area contributed by atoms with Gasteiger partial charge in [0.25, 0.3) is 0 Å². The van der Waals surface area contributed by atoms with E-state index in [1.807, 2.05) is 58.2 Å². The fourth-order valence-corrected chi connectivity index (χ4v) is 3.71. The van der Waals surface area contributed by atoms with Crippen molar-refractivity contribution in [3.05, 3.63) is 75.8 Å². The molecule has 33 heavy (non-hydrogen) atoms. The summed E-state index contributed by atoms with van der Waals surface area (Å²) in [4.78, 5) is 12.4. The van der Waals surface area contributed by atoms with E-state index in [0.717, 1.165) is 33.3 Å². The molecule has 0 unspecified atom stereocenters. The third-order valence-electron chi connectivity index (χ3n) is 5.62. The molecule has 0 atom stereocenters. The normalized spacial score (nSPS) is 12.5. The van der Waals surface area contributed by atoms with Crippen LogP contribution in [-0.4, -0.2) is 36.0 Å². The van der Waals surface area contributed by atoms with Crippen LogP contribution in [-0.2, 0) is 25.4 Å². The highest BCUT2D eigenvalue weighted by atomic mass is 16.5. The SMILES string of the molecule is CCC(=N/N=C(/C)c1cn(C)c2ccccc12)OCc1c(C)cccc1-n1nnn(C)c1=O. The molecule has 0 saturated carbocycles. The average molecular weight is 446 g/mol. The molecule has 0 aliphatic heterocycles. The first-order chi connectivity index (χ1) is 15.9. The third kappa shape index (κ3) is 4.34. The number of tetrazole rings is 1. The first-order valence-electron chi connectivity index (χ1n) is 10.8. The van der Waals surface area contributed by atoms with E-state index in [1.165, 1.54) is 9.36 Å². The maximum Gasteiger partial charge on any atom is 0.368 e. The van der Waals surface area contributed by atoms with Crippen molar-refractivity contribution in [2.75, 3.05) is 0 Å². The predicted molar refractivity (Wildman–Crippen MR) is 129 cm³/mol. The molecule has 0 fully saturated rings. The molecule has 0 radical (unpaired) electrons. The fourth-order valence-electron chi connectivity index (χ4n) is 3.71. The van der Waals surface area contributed by atoms with Crippen molar-refractivity contribution in [3.8, 4) is 5.69 Å². The largest absolute Gasteiger partial charge is 0.475 e. The minimum absolute atomic E-state index is 0.237. The number of hydrogen-bond acceptors (Lipinski definition) is 6. The standard InChI is InChI=1S/C24H27N7O2/c1-6-23(26-25-17(3)19-14-29(4)21-12-8-7-11-18(19)21)33-15-20-16(2)10-9-13-22(20)31-24(32)30(5)27-28-31/h7-14H,6,15H2,1-5H3/b25-17-,26-23?. The molecule has 0 amide bonds. The van der Waals surface area contributed by atoms with E-state index in [9.17, 15) is 4.79 Å². The molecule has 9 nitrogen and oxygen atoms in total. The molecule has 0 aliphatic carbocycles. The Morgan fingerprint density at radius 3 is 2.58 bits per heavy atom. The lowest BCUT2D eigenvalue weighted by atomic mass is 10.1. The molecular formula is C24H27N7O2. The van der Waals surface area contributed by atoms with Crippen LogP contribution < -0.4 is 5.69 Å². The molecule has 4 aromatic rings. The number of rotatable bonds is 6. The third-order valence-corrected chi connectivity index (χ3v) is 5.62. The van der Waals surface area contributed by atoms with Crippen LogP contribution in [0.25, 0.3) is 16.6 Å².